The van der Waals surface area contributed by atoms with Gasteiger partial charge in [0.15, 0.2) is 10.7 Å². The first kappa shape index (κ1) is 21.5. The maximum absolute atomic E-state index is 15.2. The Kier molecular flexibility index (Phi) is 5.12. The Hall–Kier alpha value is -2.33. The summed E-state index contributed by atoms with van der Waals surface area (Å²) in [5.41, 5.74) is 0.611. The van der Waals surface area contributed by atoms with Crippen LogP contribution in [-0.4, -0.2) is 50.5 Å². The SMILES string of the molecule is Cc1c(N2CC[C@@]3(CC[C@H]3N3CCC3)C2)cc(F)c(S(=O)(=O)Nc2cccc(F)n2)c1F. The van der Waals surface area contributed by atoms with Gasteiger partial charge >= 0.3 is 0 Å². The number of hydrogen-bond acceptors (Lipinski definition) is 5. The molecule has 3 aliphatic rings. The molecule has 0 bridgehead atoms. The van der Waals surface area contributed by atoms with Gasteiger partial charge in [0.25, 0.3) is 10.0 Å². The molecule has 6 nitrogen and oxygen atoms in total. The van der Waals surface area contributed by atoms with E-state index in [1.54, 1.807) is 0 Å². The first-order chi connectivity index (χ1) is 15.2. The van der Waals surface area contributed by atoms with Crippen LogP contribution < -0.4 is 9.62 Å². The van der Waals surface area contributed by atoms with Crippen LogP contribution in [-0.2, 0) is 10.0 Å². The molecule has 0 radical (unpaired) electrons. The summed E-state index contributed by atoms with van der Waals surface area (Å²) in [7, 11) is -4.64. The summed E-state index contributed by atoms with van der Waals surface area (Å²) in [6.07, 6.45) is 4.45. The minimum absolute atomic E-state index is 0.0795. The lowest BCUT2D eigenvalue weighted by Crippen LogP contribution is -2.60. The van der Waals surface area contributed by atoms with Crippen molar-refractivity contribution < 1.29 is 21.6 Å². The van der Waals surface area contributed by atoms with E-state index in [4.69, 9.17) is 0 Å². The Morgan fingerprint density at radius 2 is 1.94 bits per heavy atom. The number of nitrogens with one attached hydrogen (secondary N) is 1. The molecule has 1 N–H and O–H groups in total. The lowest BCUT2D eigenvalue weighted by Gasteiger charge is -2.55. The van der Waals surface area contributed by atoms with E-state index in [-0.39, 0.29) is 16.8 Å². The Morgan fingerprint density at radius 1 is 1.16 bits per heavy atom. The van der Waals surface area contributed by atoms with Gasteiger partial charge in [-0.05, 0) is 63.9 Å². The molecule has 32 heavy (non-hydrogen) atoms. The number of benzene rings is 1. The molecule has 3 heterocycles. The number of sulfonamides is 1. The topological polar surface area (TPSA) is 65.5 Å². The van der Waals surface area contributed by atoms with E-state index in [0.717, 1.165) is 44.5 Å². The van der Waals surface area contributed by atoms with Crippen molar-refractivity contribution in [2.45, 2.75) is 43.5 Å². The van der Waals surface area contributed by atoms with Crippen LogP contribution in [0.5, 0.6) is 0 Å². The lowest BCUT2D eigenvalue weighted by molar-refractivity contribution is -0.0427. The van der Waals surface area contributed by atoms with Crippen LogP contribution in [0.4, 0.5) is 24.7 Å². The molecule has 2 aliphatic heterocycles. The third-order valence-electron chi connectivity index (χ3n) is 7.30. The summed E-state index contributed by atoms with van der Waals surface area (Å²) >= 11 is 0. The molecular formula is C22H25F3N4O2S. The van der Waals surface area contributed by atoms with Gasteiger partial charge in [-0.2, -0.15) is 4.39 Å². The van der Waals surface area contributed by atoms with Gasteiger partial charge in [0.2, 0.25) is 5.95 Å². The molecule has 10 heteroatoms. The highest BCUT2D eigenvalue weighted by Crippen LogP contribution is 2.52. The van der Waals surface area contributed by atoms with Crippen LogP contribution in [0.2, 0.25) is 0 Å². The summed E-state index contributed by atoms with van der Waals surface area (Å²) in [4.78, 5) is 6.79. The summed E-state index contributed by atoms with van der Waals surface area (Å²) in [5.74, 6) is -3.58. The average molecular weight is 467 g/mol. The molecule has 1 spiro atoms. The highest BCUT2D eigenvalue weighted by molar-refractivity contribution is 7.92. The van der Waals surface area contributed by atoms with Gasteiger partial charge in [-0.15, -0.1) is 0 Å². The van der Waals surface area contributed by atoms with E-state index in [2.05, 4.69) is 9.88 Å². The minimum Gasteiger partial charge on any atom is -0.371 e. The standard InChI is InChI=1S/C22H25F3N4O2S/c1-14-16(29-11-8-22(13-29)7-6-17(22)28-9-3-10-28)12-15(23)21(20(14)25)32(30,31)27-19-5-2-4-18(24)26-19/h2,4-5,12,17H,3,6-11,13H2,1H3,(H,26,27)/t17-,22+/m1/s1. The molecule has 0 unspecified atom stereocenters. The van der Waals surface area contributed by atoms with E-state index in [9.17, 15) is 17.2 Å². The number of hydrogen-bond donors (Lipinski definition) is 1. The van der Waals surface area contributed by atoms with Crippen molar-refractivity contribution >= 4 is 21.5 Å². The number of anilines is 2. The molecule has 172 valence electrons. The molecule has 3 fully saturated rings. The Morgan fingerprint density at radius 3 is 2.56 bits per heavy atom. The van der Waals surface area contributed by atoms with Gasteiger partial charge < -0.3 is 4.90 Å². The second-order valence-electron chi connectivity index (χ2n) is 9.07. The third kappa shape index (κ3) is 3.44. The van der Waals surface area contributed by atoms with E-state index >= 15 is 4.39 Å². The number of likely N-dealkylation sites (tertiary alicyclic amines) is 1. The van der Waals surface area contributed by atoms with Crippen LogP contribution >= 0.6 is 0 Å². The highest BCUT2D eigenvalue weighted by atomic mass is 32.2. The molecule has 2 atom stereocenters. The molecule has 0 amide bonds. The predicted molar refractivity (Wildman–Crippen MR) is 115 cm³/mol. The highest BCUT2D eigenvalue weighted by Gasteiger charge is 2.54. The molecule has 5 rings (SSSR count). The van der Waals surface area contributed by atoms with Gasteiger partial charge in [0.1, 0.15) is 11.6 Å². The first-order valence-corrected chi connectivity index (χ1v) is 12.3. The maximum atomic E-state index is 15.2. The molecule has 1 aromatic carbocycles. The van der Waals surface area contributed by atoms with Crippen molar-refractivity contribution in [1.82, 2.24) is 9.88 Å². The van der Waals surface area contributed by atoms with Crippen LogP contribution in [0.15, 0.2) is 29.2 Å². The fourth-order valence-electron chi connectivity index (χ4n) is 5.39. The van der Waals surface area contributed by atoms with E-state index < -0.39 is 32.5 Å². The zero-order chi connectivity index (χ0) is 22.7. The summed E-state index contributed by atoms with van der Waals surface area (Å²) in [6, 6.07) is 5.11. The fourth-order valence-corrected chi connectivity index (χ4v) is 6.59. The minimum atomic E-state index is -4.64. The lowest BCUT2D eigenvalue weighted by atomic mass is 9.62. The van der Waals surface area contributed by atoms with Gasteiger partial charge in [-0.1, -0.05) is 6.07 Å². The third-order valence-corrected chi connectivity index (χ3v) is 8.69. The average Bonchev–Trinajstić information content (AvgIpc) is 3.14. The second kappa shape index (κ2) is 7.62. The maximum Gasteiger partial charge on any atom is 0.268 e. The quantitative estimate of drug-likeness (QED) is 0.682. The normalized spacial score (nSPS) is 25.6. The number of aromatic nitrogens is 1. The van der Waals surface area contributed by atoms with Gasteiger partial charge in [-0.3, -0.25) is 9.62 Å². The largest absolute Gasteiger partial charge is 0.371 e. The van der Waals surface area contributed by atoms with Crippen molar-refractivity contribution in [3.05, 3.63) is 47.4 Å². The van der Waals surface area contributed by atoms with Gasteiger partial charge in [0.05, 0.1) is 0 Å². The Balaban J connectivity index is 1.42. The van der Waals surface area contributed by atoms with E-state index in [1.807, 2.05) is 9.62 Å². The fraction of sp³-hybridized carbons (Fsp3) is 0.500. The number of pyridine rings is 1. The van der Waals surface area contributed by atoms with Crippen molar-refractivity contribution in [1.29, 1.82) is 0 Å². The molecule has 1 saturated carbocycles. The molecule has 1 aromatic heterocycles. The monoisotopic (exact) mass is 466 g/mol. The molecule has 1 aliphatic carbocycles. The van der Waals surface area contributed by atoms with Crippen LogP contribution in [0, 0.1) is 29.9 Å². The van der Waals surface area contributed by atoms with Gasteiger partial charge in [0, 0.05) is 35.8 Å². The van der Waals surface area contributed by atoms with Crippen molar-refractivity contribution in [2.24, 2.45) is 5.41 Å². The number of halogens is 3. The number of rotatable bonds is 5. The summed E-state index contributed by atoms with van der Waals surface area (Å²) in [6.45, 7) is 5.10. The van der Waals surface area contributed by atoms with E-state index in [1.165, 1.54) is 25.5 Å². The van der Waals surface area contributed by atoms with Crippen LogP contribution in [0.25, 0.3) is 0 Å². The van der Waals surface area contributed by atoms with Crippen LogP contribution in [0.1, 0.15) is 31.2 Å². The Labute approximate surface area is 185 Å². The summed E-state index contributed by atoms with van der Waals surface area (Å²) < 4.78 is 70.8. The van der Waals surface area contributed by atoms with Crippen molar-refractivity contribution in [3.63, 3.8) is 0 Å². The zero-order valence-corrected chi connectivity index (χ0v) is 18.6. The van der Waals surface area contributed by atoms with Crippen LogP contribution in [0.3, 0.4) is 0 Å². The predicted octanol–water partition coefficient (Wildman–Crippen LogP) is 3.67. The number of nitrogens with zero attached hydrogens (tertiary/aromatic N) is 3. The zero-order valence-electron chi connectivity index (χ0n) is 17.7. The second-order valence-corrected chi connectivity index (χ2v) is 10.7. The van der Waals surface area contributed by atoms with Crippen molar-refractivity contribution in [3.8, 4) is 0 Å². The molecule has 2 aromatic rings. The molecule has 2 saturated heterocycles. The molecular weight excluding hydrogens is 441 g/mol. The first-order valence-electron chi connectivity index (χ1n) is 10.8. The summed E-state index contributed by atoms with van der Waals surface area (Å²) in [5, 5.41) is 0. The van der Waals surface area contributed by atoms with Crippen molar-refractivity contribution in [2.75, 3.05) is 35.8 Å². The van der Waals surface area contributed by atoms with Gasteiger partial charge in [-0.25, -0.2) is 22.2 Å². The Bertz CT molecular complexity index is 1170. The van der Waals surface area contributed by atoms with E-state index in [0.29, 0.717) is 24.8 Å². The smallest absolute Gasteiger partial charge is 0.268 e.